The molecule has 0 aliphatic carbocycles. The highest BCUT2D eigenvalue weighted by Crippen LogP contribution is 2.25. The third kappa shape index (κ3) is 7.09. The predicted molar refractivity (Wildman–Crippen MR) is 161 cm³/mol. The van der Waals surface area contributed by atoms with E-state index in [-0.39, 0.29) is 11.8 Å². The summed E-state index contributed by atoms with van der Waals surface area (Å²) in [6.07, 6.45) is 6.90. The highest BCUT2D eigenvalue weighted by Gasteiger charge is 2.32. The fraction of sp³-hybridized carbons (Fsp3) is 0.438. The fourth-order valence-corrected chi connectivity index (χ4v) is 6.54. The maximum absolute atomic E-state index is 13.3. The maximum atomic E-state index is 13.3. The van der Waals surface area contributed by atoms with E-state index in [2.05, 4.69) is 70.7 Å². The molecular weight excluding hydrogens is 502 g/mol. The Morgan fingerprint density at radius 2 is 1.64 bits per heavy atom. The second-order valence-electron chi connectivity index (χ2n) is 10.7. The molecule has 1 aromatic heterocycles. The van der Waals surface area contributed by atoms with Gasteiger partial charge in [0.05, 0.1) is 6.04 Å². The standard InChI is InChI=1S/C32H41N5OS/c1-39-30-12-6-5-10-27(30)24-36-20-22-37(23-21-36)32(38)31(33)26-13-17-35(18-14-26)19-15-29-28(11-7-16-34-29)25-8-3-2-4-9-25/h2-12,16,26,31H,13-15,17-24,33H2,1H3/t31-/m1/s1. The van der Waals surface area contributed by atoms with Gasteiger partial charge in [-0.25, -0.2) is 0 Å². The van der Waals surface area contributed by atoms with Crippen LogP contribution in [0.5, 0.6) is 0 Å². The molecule has 5 rings (SSSR count). The number of nitrogens with zero attached hydrogens (tertiary/aromatic N) is 4. The molecule has 0 unspecified atom stereocenters. The second-order valence-corrected chi connectivity index (χ2v) is 11.6. The van der Waals surface area contributed by atoms with Crippen molar-refractivity contribution in [2.45, 2.75) is 36.7 Å². The van der Waals surface area contributed by atoms with Crippen molar-refractivity contribution in [3.63, 3.8) is 0 Å². The Morgan fingerprint density at radius 3 is 2.38 bits per heavy atom. The van der Waals surface area contributed by atoms with Crippen molar-refractivity contribution >= 4 is 17.7 Å². The normalized spacial score (nSPS) is 18.3. The summed E-state index contributed by atoms with van der Waals surface area (Å²) in [6, 6.07) is 22.9. The van der Waals surface area contributed by atoms with Crippen molar-refractivity contribution in [1.82, 2.24) is 19.7 Å². The Morgan fingerprint density at radius 1 is 0.923 bits per heavy atom. The van der Waals surface area contributed by atoms with Gasteiger partial charge >= 0.3 is 0 Å². The molecule has 0 radical (unpaired) electrons. The molecule has 0 spiro atoms. The van der Waals surface area contributed by atoms with Gasteiger partial charge in [-0.05, 0) is 61.4 Å². The fourth-order valence-electron chi connectivity index (χ4n) is 5.93. The second kappa shape index (κ2) is 13.6. The number of piperidine rings is 1. The van der Waals surface area contributed by atoms with Crippen LogP contribution in [0.25, 0.3) is 11.1 Å². The van der Waals surface area contributed by atoms with E-state index in [1.54, 1.807) is 11.8 Å². The summed E-state index contributed by atoms with van der Waals surface area (Å²) in [5.74, 6) is 0.397. The largest absolute Gasteiger partial charge is 0.339 e. The van der Waals surface area contributed by atoms with Crippen LogP contribution in [0, 0.1) is 5.92 Å². The average Bonchev–Trinajstić information content (AvgIpc) is 3.01. The minimum absolute atomic E-state index is 0.138. The SMILES string of the molecule is CSc1ccccc1CN1CCN(C(=O)[C@H](N)C2CCN(CCc3ncccc3-c3ccccc3)CC2)CC1. The molecule has 2 fully saturated rings. The molecule has 3 aromatic rings. The molecule has 7 heteroatoms. The van der Waals surface area contributed by atoms with Gasteiger partial charge in [0.1, 0.15) is 0 Å². The Bertz CT molecular complexity index is 1210. The van der Waals surface area contributed by atoms with E-state index < -0.39 is 6.04 Å². The third-order valence-electron chi connectivity index (χ3n) is 8.34. The number of rotatable bonds is 9. The minimum Gasteiger partial charge on any atom is -0.339 e. The average molecular weight is 544 g/mol. The van der Waals surface area contributed by atoms with Gasteiger partial charge in [0, 0.05) is 68.0 Å². The molecule has 2 saturated heterocycles. The molecular formula is C32H41N5OS. The lowest BCUT2D eigenvalue weighted by molar-refractivity contribution is -0.136. The van der Waals surface area contributed by atoms with Gasteiger partial charge in [-0.15, -0.1) is 11.8 Å². The van der Waals surface area contributed by atoms with Crippen molar-refractivity contribution in [2.24, 2.45) is 11.7 Å². The molecule has 0 bridgehead atoms. The monoisotopic (exact) mass is 543 g/mol. The number of nitrogens with two attached hydrogens (primary N) is 1. The molecule has 2 aliphatic heterocycles. The molecule has 6 nitrogen and oxygen atoms in total. The van der Waals surface area contributed by atoms with Crippen LogP contribution in [-0.2, 0) is 17.8 Å². The number of thioether (sulfide) groups is 1. The number of hydrogen-bond donors (Lipinski definition) is 1. The number of aromatic nitrogens is 1. The lowest BCUT2D eigenvalue weighted by atomic mass is 9.88. The molecule has 39 heavy (non-hydrogen) atoms. The first-order valence-corrected chi connectivity index (χ1v) is 15.4. The number of likely N-dealkylation sites (tertiary alicyclic amines) is 1. The zero-order chi connectivity index (χ0) is 27.0. The van der Waals surface area contributed by atoms with E-state index >= 15 is 0 Å². The van der Waals surface area contributed by atoms with Crippen molar-refractivity contribution in [3.8, 4) is 11.1 Å². The topological polar surface area (TPSA) is 65.7 Å². The number of piperazine rings is 1. The lowest BCUT2D eigenvalue weighted by Crippen LogP contribution is -2.55. The van der Waals surface area contributed by atoms with Crippen molar-refractivity contribution < 1.29 is 4.79 Å². The summed E-state index contributed by atoms with van der Waals surface area (Å²) in [6.45, 7) is 7.23. The first-order chi connectivity index (χ1) is 19.1. The van der Waals surface area contributed by atoms with E-state index in [1.165, 1.54) is 21.6 Å². The smallest absolute Gasteiger partial charge is 0.239 e. The number of carbonyl (C=O) groups is 1. The minimum atomic E-state index is -0.392. The molecule has 0 saturated carbocycles. The third-order valence-corrected chi connectivity index (χ3v) is 9.17. The van der Waals surface area contributed by atoms with E-state index in [1.807, 2.05) is 23.2 Å². The van der Waals surface area contributed by atoms with Crippen LogP contribution in [0.3, 0.4) is 0 Å². The maximum Gasteiger partial charge on any atom is 0.239 e. The molecule has 206 valence electrons. The van der Waals surface area contributed by atoms with Crippen LogP contribution >= 0.6 is 11.8 Å². The summed E-state index contributed by atoms with van der Waals surface area (Å²) in [5.41, 5.74) is 11.5. The van der Waals surface area contributed by atoms with Crippen LogP contribution in [0.1, 0.15) is 24.1 Å². The van der Waals surface area contributed by atoms with E-state index in [0.717, 1.165) is 77.3 Å². The Hall–Kier alpha value is -2.71. The van der Waals surface area contributed by atoms with Gasteiger partial charge in [0.2, 0.25) is 5.91 Å². The number of amides is 1. The molecule has 2 N–H and O–H groups in total. The van der Waals surface area contributed by atoms with Crippen LogP contribution in [0.2, 0.25) is 0 Å². The lowest BCUT2D eigenvalue weighted by Gasteiger charge is -2.39. The Kier molecular flexibility index (Phi) is 9.69. The van der Waals surface area contributed by atoms with Gasteiger partial charge in [-0.2, -0.15) is 0 Å². The predicted octanol–water partition coefficient (Wildman–Crippen LogP) is 4.40. The van der Waals surface area contributed by atoms with Crippen molar-refractivity contribution in [2.75, 3.05) is 52.1 Å². The van der Waals surface area contributed by atoms with Gasteiger partial charge in [-0.1, -0.05) is 54.6 Å². The summed E-state index contributed by atoms with van der Waals surface area (Å²) in [4.78, 5) is 26.3. The number of benzene rings is 2. The van der Waals surface area contributed by atoms with Crippen LogP contribution in [0.15, 0.2) is 77.8 Å². The number of carbonyl (C=O) groups excluding carboxylic acids is 1. The van der Waals surface area contributed by atoms with Gasteiger partial charge < -0.3 is 15.5 Å². The Labute approximate surface area is 237 Å². The molecule has 1 amide bonds. The van der Waals surface area contributed by atoms with Gasteiger partial charge in [0.15, 0.2) is 0 Å². The van der Waals surface area contributed by atoms with E-state index in [0.29, 0.717) is 0 Å². The summed E-state index contributed by atoms with van der Waals surface area (Å²) in [5, 5.41) is 0. The highest BCUT2D eigenvalue weighted by atomic mass is 32.2. The van der Waals surface area contributed by atoms with Crippen molar-refractivity contribution in [3.05, 3.63) is 84.2 Å². The number of hydrogen-bond acceptors (Lipinski definition) is 6. The van der Waals surface area contributed by atoms with E-state index in [9.17, 15) is 4.79 Å². The first-order valence-electron chi connectivity index (χ1n) is 14.2. The van der Waals surface area contributed by atoms with Crippen molar-refractivity contribution in [1.29, 1.82) is 0 Å². The summed E-state index contributed by atoms with van der Waals surface area (Å²) >= 11 is 1.80. The number of pyridine rings is 1. The molecule has 2 aliphatic rings. The first kappa shape index (κ1) is 27.8. The Balaban J connectivity index is 1.06. The molecule has 1 atom stereocenters. The molecule has 3 heterocycles. The quantitative estimate of drug-likeness (QED) is 0.404. The zero-order valence-electron chi connectivity index (χ0n) is 23.0. The summed E-state index contributed by atoms with van der Waals surface area (Å²) < 4.78 is 0. The highest BCUT2D eigenvalue weighted by molar-refractivity contribution is 7.98. The zero-order valence-corrected chi connectivity index (χ0v) is 23.9. The molecule has 2 aromatic carbocycles. The van der Waals surface area contributed by atoms with Crippen LogP contribution in [-0.4, -0.2) is 83.7 Å². The van der Waals surface area contributed by atoms with E-state index in [4.69, 9.17) is 10.7 Å². The van der Waals surface area contributed by atoms with Gasteiger partial charge in [-0.3, -0.25) is 14.7 Å². The van der Waals surface area contributed by atoms with Crippen LogP contribution < -0.4 is 5.73 Å². The summed E-state index contributed by atoms with van der Waals surface area (Å²) in [7, 11) is 0. The van der Waals surface area contributed by atoms with Crippen LogP contribution in [0.4, 0.5) is 0 Å². The van der Waals surface area contributed by atoms with Gasteiger partial charge in [0.25, 0.3) is 0 Å².